The second-order valence-electron chi connectivity index (χ2n) is 6.50. The van der Waals surface area contributed by atoms with Gasteiger partial charge in [0.25, 0.3) is 0 Å². The Hall–Kier alpha value is -2.58. The SMILES string of the molecule is COC1CC(NC(=O)Nc2ccc(Oc3cccc(S(C)(=O)=O)c3)cc2)C1. The Morgan fingerprint density at radius 2 is 1.78 bits per heavy atom. The van der Waals surface area contributed by atoms with E-state index in [2.05, 4.69) is 10.6 Å². The highest BCUT2D eigenvalue weighted by Gasteiger charge is 2.30. The van der Waals surface area contributed by atoms with Crippen molar-refractivity contribution in [2.45, 2.75) is 29.9 Å². The molecule has 1 fully saturated rings. The molecule has 2 amide bonds. The van der Waals surface area contributed by atoms with Crippen molar-refractivity contribution in [1.29, 1.82) is 0 Å². The second kappa shape index (κ2) is 7.98. The Kier molecular flexibility index (Phi) is 5.67. The van der Waals surface area contributed by atoms with Crippen LogP contribution in [0.25, 0.3) is 0 Å². The largest absolute Gasteiger partial charge is 0.457 e. The highest BCUT2D eigenvalue weighted by atomic mass is 32.2. The van der Waals surface area contributed by atoms with Crippen LogP contribution in [0, 0.1) is 0 Å². The van der Waals surface area contributed by atoms with E-state index in [0.717, 1.165) is 19.1 Å². The Labute approximate surface area is 158 Å². The molecule has 0 atom stereocenters. The van der Waals surface area contributed by atoms with Crippen molar-refractivity contribution in [3.05, 3.63) is 48.5 Å². The summed E-state index contributed by atoms with van der Waals surface area (Å²) in [4.78, 5) is 12.2. The molecule has 0 unspecified atom stereocenters. The van der Waals surface area contributed by atoms with Crippen LogP contribution in [0.3, 0.4) is 0 Å². The first-order chi connectivity index (χ1) is 12.8. The van der Waals surface area contributed by atoms with E-state index >= 15 is 0 Å². The summed E-state index contributed by atoms with van der Waals surface area (Å²) in [5.74, 6) is 0.961. The Morgan fingerprint density at radius 3 is 2.41 bits per heavy atom. The molecule has 0 saturated heterocycles. The van der Waals surface area contributed by atoms with Crippen LogP contribution in [0.1, 0.15) is 12.8 Å². The van der Waals surface area contributed by atoms with Crippen molar-refractivity contribution in [1.82, 2.24) is 5.32 Å². The molecule has 2 aromatic carbocycles. The maximum absolute atomic E-state index is 12.0. The lowest BCUT2D eigenvalue weighted by Crippen LogP contribution is -2.48. The minimum atomic E-state index is -3.29. The lowest BCUT2D eigenvalue weighted by Gasteiger charge is -2.34. The molecule has 1 aliphatic carbocycles. The topological polar surface area (TPSA) is 93.7 Å². The number of rotatable bonds is 6. The van der Waals surface area contributed by atoms with Crippen LogP contribution >= 0.6 is 0 Å². The third-order valence-electron chi connectivity index (χ3n) is 4.34. The van der Waals surface area contributed by atoms with Gasteiger partial charge in [0.05, 0.1) is 11.0 Å². The summed E-state index contributed by atoms with van der Waals surface area (Å²) in [6, 6.07) is 13.0. The second-order valence-corrected chi connectivity index (χ2v) is 8.51. The van der Waals surface area contributed by atoms with E-state index in [4.69, 9.17) is 9.47 Å². The molecule has 2 aromatic rings. The zero-order valence-corrected chi connectivity index (χ0v) is 16.0. The molecule has 27 heavy (non-hydrogen) atoms. The molecule has 7 nitrogen and oxygen atoms in total. The van der Waals surface area contributed by atoms with Gasteiger partial charge >= 0.3 is 6.03 Å². The number of benzene rings is 2. The smallest absolute Gasteiger partial charge is 0.319 e. The molecule has 0 bridgehead atoms. The van der Waals surface area contributed by atoms with Gasteiger partial charge in [0.1, 0.15) is 11.5 Å². The minimum absolute atomic E-state index is 0.139. The standard InChI is InChI=1S/C19H22N2O5S/c1-25-17-10-14(11-17)21-19(22)20-13-6-8-15(9-7-13)26-16-4-3-5-18(12-16)27(2,23)24/h3-9,12,14,17H,10-11H2,1-2H3,(H2,20,21,22). The van der Waals surface area contributed by atoms with Gasteiger partial charge in [-0.15, -0.1) is 0 Å². The van der Waals surface area contributed by atoms with Gasteiger partial charge in [-0.1, -0.05) is 6.07 Å². The van der Waals surface area contributed by atoms with E-state index < -0.39 is 9.84 Å². The molecule has 1 saturated carbocycles. The fourth-order valence-electron chi connectivity index (χ4n) is 2.74. The van der Waals surface area contributed by atoms with E-state index in [-0.39, 0.29) is 23.1 Å². The van der Waals surface area contributed by atoms with Gasteiger partial charge in [-0.3, -0.25) is 0 Å². The first kappa shape index (κ1) is 19.2. The van der Waals surface area contributed by atoms with Crippen LogP contribution in [0.15, 0.2) is 53.4 Å². The summed E-state index contributed by atoms with van der Waals surface area (Å²) in [5, 5.41) is 5.65. The van der Waals surface area contributed by atoms with Gasteiger partial charge in [-0.2, -0.15) is 0 Å². The van der Waals surface area contributed by atoms with Gasteiger partial charge in [0.15, 0.2) is 9.84 Å². The average Bonchev–Trinajstić information content (AvgIpc) is 2.59. The summed E-state index contributed by atoms with van der Waals surface area (Å²) in [6.07, 6.45) is 3.02. The number of nitrogens with one attached hydrogen (secondary N) is 2. The third-order valence-corrected chi connectivity index (χ3v) is 5.46. The first-order valence-electron chi connectivity index (χ1n) is 8.52. The number of hydrogen-bond acceptors (Lipinski definition) is 5. The number of sulfone groups is 1. The van der Waals surface area contributed by atoms with Crippen molar-refractivity contribution >= 4 is 21.6 Å². The number of hydrogen-bond donors (Lipinski definition) is 2. The van der Waals surface area contributed by atoms with E-state index in [1.807, 2.05) is 0 Å². The molecule has 0 aliphatic heterocycles. The number of carbonyl (C=O) groups is 1. The maximum atomic E-state index is 12.0. The summed E-state index contributed by atoms with van der Waals surface area (Å²) in [7, 11) is -1.62. The molecule has 144 valence electrons. The van der Waals surface area contributed by atoms with Crippen molar-refractivity contribution in [3.8, 4) is 11.5 Å². The monoisotopic (exact) mass is 390 g/mol. The highest BCUT2D eigenvalue weighted by Crippen LogP contribution is 2.26. The number of ether oxygens (including phenoxy) is 2. The lowest BCUT2D eigenvalue weighted by atomic mass is 9.89. The van der Waals surface area contributed by atoms with Crippen molar-refractivity contribution in [2.75, 3.05) is 18.7 Å². The number of carbonyl (C=O) groups excluding carboxylic acids is 1. The zero-order chi connectivity index (χ0) is 19.4. The lowest BCUT2D eigenvalue weighted by molar-refractivity contribution is 0.0210. The van der Waals surface area contributed by atoms with Gasteiger partial charge in [0.2, 0.25) is 0 Å². The average molecular weight is 390 g/mol. The van der Waals surface area contributed by atoms with Crippen LogP contribution in [0.2, 0.25) is 0 Å². The molecule has 3 rings (SSSR count). The van der Waals surface area contributed by atoms with Gasteiger partial charge in [0, 0.05) is 25.1 Å². The van der Waals surface area contributed by atoms with Crippen LogP contribution in [0.4, 0.5) is 10.5 Å². The third kappa shape index (κ3) is 5.21. The van der Waals surface area contributed by atoms with Crippen molar-refractivity contribution < 1.29 is 22.7 Å². The van der Waals surface area contributed by atoms with Crippen LogP contribution in [0.5, 0.6) is 11.5 Å². The summed E-state index contributed by atoms with van der Waals surface area (Å²) in [6.45, 7) is 0. The molecular weight excluding hydrogens is 368 g/mol. The molecule has 8 heteroatoms. The van der Waals surface area contributed by atoms with E-state index in [0.29, 0.717) is 17.2 Å². The first-order valence-corrected chi connectivity index (χ1v) is 10.4. The van der Waals surface area contributed by atoms with Gasteiger partial charge in [-0.25, -0.2) is 13.2 Å². The molecule has 2 N–H and O–H groups in total. The fraction of sp³-hybridized carbons (Fsp3) is 0.316. The Balaban J connectivity index is 1.55. The van der Waals surface area contributed by atoms with Gasteiger partial charge in [-0.05, 0) is 55.3 Å². The molecule has 0 spiro atoms. The fourth-order valence-corrected chi connectivity index (χ4v) is 3.40. The molecule has 1 aliphatic rings. The Morgan fingerprint density at radius 1 is 1.07 bits per heavy atom. The van der Waals surface area contributed by atoms with E-state index in [1.165, 1.54) is 12.1 Å². The number of anilines is 1. The Bertz CT molecular complexity index is 906. The summed E-state index contributed by atoms with van der Waals surface area (Å²) >= 11 is 0. The minimum Gasteiger partial charge on any atom is -0.457 e. The normalized spacial score (nSPS) is 19.0. The van der Waals surface area contributed by atoms with Gasteiger partial charge < -0.3 is 20.1 Å². The van der Waals surface area contributed by atoms with Crippen LogP contribution in [-0.4, -0.2) is 40.0 Å². The summed E-state index contributed by atoms with van der Waals surface area (Å²) in [5.41, 5.74) is 0.632. The van der Waals surface area contributed by atoms with Crippen molar-refractivity contribution in [3.63, 3.8) is 0 Å². The van der Waals surface area contributed by atoms with Crippen LogP contribution in [-0.2, 0) is 14.6 Å². The zero-order valence-electron chi connectivity index (χ0n) is 15.1. The van der Waals surface area contributed by atoms with Crippen molar-refractivity contribution in [2.24, 2.45) is 0 Å². The highest BCUT2D eigenvalue weighted by molar-refractivity contribution is 7.90. The van der Waals surface area contributed by atoms with E-state index in [9.17, 15) is 13.2 Å². The number of methoxy groups -OCH3 is 1. The molecule has 0 radical (unpaired) electrons. The molecule has 0 heterocycles. The maximum Gasteiger partial charge on any atom is 0.319 e. The quantitative estimate of drug-likeness (QED) is 0.790. The predicted molar refractivity (Wildman–Crippen MR) is 102 cm³/mol. The predicted octanol–water partition coefficient (Wildman–Crippen LogP) is 3.18. The summed E-state index contributed by atoms with van der Waals surface area (Å²) < 4.78 is 34.1. The van der Waals surface area contributed by atoms with E-state index in [1.54, 1.807) is 43.5 Å². The number of amides is 2. The molecular formula is C19H22N2O5S. The number of urea groups is 1. The molecule has 0 aromatic heterocycles. The van der Waals surface area contributed by atoms with Crippen LogP contribution < -0.4 is 15.4 Å².